The highest BCUT2D eigenvalue weighted by Crippen LogP contribution is 2.38. The van der Waals surface area contributed by atoms with E-state index in [1.54, 1.807) is 6.07 Å². The number of benzene rings is 1. The summed E-state index contributed by atoms with van der Waals surface area (Å²) in [6, 6.07) is 5.06. The average Bonchev–Trinajstić information content (AvgIpc) is 2.83. The van der Waals surface area contributed by atoms with Gasteiger partial charge in [-0.3, -0.25) is 4.79 Å². The third kappa shape index (κ3) is 4.19. The van der Waals surface area contributed by atoms with E-state index in [-0.39, 0.29) is 30.7 Å². The second kappa shape index (κ2) is 7.27. The summed E-state index contributed by atoms with van der Waals surface area (Å²) in [5, 5.41) is 5.30. The zero-order valence-electron chi connectivity index (χ0n) is 12.8. The van der Waals surface area contributed by atoms with Crippen LogP contribution in [0, 0.1) is 5.82 Å². The molecule has 2 N–H and O–H groups in total. The fraction of sp³-hybridized carbons (Fsp3) is 0.562. The zero-order valence-corrected chi connectivity index (χ0v) is 13.6. The summed E-state index contributed by atoms with van der Waals surface area (Å²) in [5.41, 5.74) is 1.02. The van der Waals surface area contributed by atoms with Crippen LogP contribution >= 0.6 is 12.4 Å². The van der Waals surface area contributed by atoms with Crippen molar-refractivity contribution >= 4 is 18.3 Å². The number of carbonyl (C=O) groups excluding carboxylic acids is 1. The Labute approximate surface area is 143 Å². The van der Waals surface area contributed by atoms with Crippen molar-refractivity contribution in [2.24, 2.45) is 0 Å². The van der Waals surface area contributed by atoms with Crippen LogP contribution in [0.5, 0.6) is 0 Å². The normalized spacial score (nSPS) is 25.9. The molecule has 0 saturated carbocycles. The molecule has 0 radical (unpaired) electrons. The van der Waals surface area contributed by atoms with E-state index in [1.165, 1.54) is 12.1 Å². The summed E-state index contributed by atoms with van der Waals surface area (Å²) in [7, 11) is 0. The quantitative estimate of drug-likeness (QED) is 0.805. The maximum absolute atomic E-state index is 14.1. The Kier molecular flexibility index (Phi) is 5.75. The van der Waals surface area contributed by atoms with Crippen molar-refractivity contribution in [3.8, 4) is 0 Å². The van der Waals surface area contributed by atoms with Gasteiger partial charge in [0.25, 0.3) is 0 Å². The predicted octanol–water partition coefficient (Wildman–Crippen LogP) is 3.42. The first-order valence-corrected chi connectivity index (χ1v) is 7.72. The molecule has 1 amide bonds. The van der Waals surface area contributed by atoms with Crippen LogP contribution in [0.1, 0.15) is 42.7 Å². The molecule has 2 unspecified atom stereocenters. The molecule has 0 aromatic heterocycles. The molecule has 134 valence electrons. The molecule has 2 aliphatic heterocycles. The van der Waals surface area contributed by atoms with Gasteiger partial charge in [-0.2, -0.15) is 13.2 Å². The van der Waals surface area contributed by atoms with Gasteiger partial charge < -0.3 is 10.6 Å². The molecule has 2 atom stereocenters. The molecule has 2 saturated heterocycles. The Morgan fingerprint density at radius 3 is 2.42 bits per heavy atom. The van der Waals surface area contributed by atoms with Gasteiger partial charge in [0.15, 0.2) is 0 Å². The van der Waals surface area contributed by atoms with Gasteiger partial charge in [-0.15, -0.1) is 12.4 Å². The number of hydrogen-bond acceptors (Lipinski definition) is 2. The molecule has 2 heterocycles. The smallest absolute Gasteiger partial charge is 0.344 e. The van der Waals surface area contributed by atoms with Gasteiger partial charge >= 0.3 is 12.1 Å². The van der Waals surface area contributed by atoms with Crippen LogP contribution in [-0.4, -0.2) is 24.2 Å². The van der Waals surface area contributed by atoms with Gasteiger partial charge in [0.1, 0.15) is 5.82 Å². The minimum Gasteiger partial charge on any atom is -0.344 e. The van der Waals surface area contributed by atoms with E-state index in [1.807, 2.05) is 5.32 Å². The van der Waals surface area contributed by atoms with Crippen molar-refractivity contribution in [1.29, 1.82) is 0 Å². The lowest BCUT2D eigenvalue weighted by Gasteiger charge is -2.29. The molecule has 0 aliphatic carbocycles. The molecule has 2 bridgehead atoms. The first-order valence-electron chi connectivity index (χ1n) is 7.72. The molecule has 2 fully saturated rings. The van der Waals surface area contributed by atoms with E-state index in [2.05, 4.69) is 5.32 Å². The van der Waals surface area contributed by atoms with Crippen molar-refractivity contribution in [2.45, 2.75) is 56.4 Å². The maximum Gasteiger partial charge on any atom is 0.471 e. The third-order valence-electron chi connectivity index (χ3n) is 4.68. The summed E-state index contributed by atoms with van der Waals surface area (Å²) in [4.78, 5) is 10.9. The fourth-order valence-corrected chi connectivity index (χ4v) is 3.61. The van der Waals surface area contributed by atoms with Crippen LogP contribution in [0.25, 0.3) is 0 Å². The highest BCUT2D eigenvalue weighted by atomic mass is 35.5. The Morgan fingerprint density at radius 2 is 1.83 bits per heavy atom. The Hall–Kier alpha value is -1.34. The van der Waals surface area contributed by atoms with E-state index in [9.17, 15) is 22.4 Å². The number of nitrogens with one attached hydrogen (secondary N) is 2. The Bertz CT molecular complexity index is 596. The molecular weight excluding hydrogens is 348 g/mol. The molecule has 1 aromatic carbocycles. The highest BCUT2D eigenvalue weighted by molar-refractivity contribution is 5.85. The topological polar surface area (TPSA) is 41.1 Å². The van der Waals surface area contributed by atoms with Crippen molar-refractivity contribution in [3.05, 3.63) is 35.1 Å². The van der Waals surface area contributed by atoms with Crippen molar-refractivity contribution in [2.75, 3.05) is 0 Å². The van der Waals surface area contributed by atoms with Crippen molar-refractivity contribution in [1.82, 2.24) is 10.6 Å². The van der Waals surface area contributed by atoms with Crippen LogP contribution < -0.4 is 10.6 Å². The summed E-state index contributed by atoms with van der Waals surface area (Å²) in [6.45, 7) is -0.260. The first-order chi connectivity index (χ1) is 10.8. The number of halogens is 5. The SMILES string of the molecule is Cl.O=C(NCc1ccc(F)c(C2CC3CCC(C2)N3)c1)C(F)(F)F. The largest absolute Gasteiger partial charge is 0.471 e. The summed E-state index contributed by atoms with van der Waals surface area (Å²) >= 11 is 0. The van der Waals surface area contributed by atoms with Crippen LogP contribution in [0.3, 0.4) is 0 Å². The standard InChI is InChI=1S/C16H18F4N2O.ClH/c17-14-4-1-9(8-21-15(23)16(18,19)20)5-13(14)10-6-11-2-3-12(7-10)22-11;/h1,4-5,10-12,22H,2-3,6-8H2,(H,21,23);1H. The lowest BCUT2D eigenvalue weighted by atomic mass is 9.85. The van der Waals surface area contributed by atoms with Gasteiger partial charge in [0, 0.05) is 18.6 Å². The first kappa shape index (κ1) is 19.0. The number of piperidine rings is 1. The molecule has 3 nitrogen and oxygen atoms in total. The average molecular weight is 367 g/mol. The second-order valence-corrected chi connectivity index (χ2v) is 6.34. The van der Waals surface area contributed by atoms with E-state index >= 15 is 0 Å². The molecule has 3 rings (SSSR count). The third-order valence-corrected chi connectivity index (χ3v) is 4.68. The van der Waals surface area contributed by atoms with Crippen LogP contribution in [0.2, 0.25) is 0 Å². The minimum atomic E-state index is -4.91. The van der Waals surface area contributed by atoms with Gasteiger partial charge in [-0.1, -0.05) is 12.1 Å². The summed E-state index contributed by atoms with van der Waals surface area (Å²) in [6.07, 6.45) is -1.05. The van der Waals surface area contributed by atoms with Crippen LogP contribution in [0.15, 0.2) is 18.2 Å². The molecule has 2 aliphatic rings. The van der Waals surface area contributed by atoms with Crippen molar-refractivity contribution in [3.63, 3.8) is 0 Å². The number of hydrogen-bond donors (Lipinski definition) is 2. The lowest BCUT2D eigenvalue weighted by molar-refractivity contribution is -0.173. The Balaban J connectivity index is 0.00000208. The lowest BCUT2D eigenvalue weighted by Crippen LogP contribution is -2.37. The van der Waals surface area contributed by atoms with E-state index in [4.69, 9.17) is 0 Å². The summed E-state index contributed by atoms with van der Waals surface area (Å²) < 4.78 is 50.7. The molecular formula is C16H19ClF4N2O. The van der Waals surface area contributed by atoms with Gasteiger partial charge in [-0.25, -0.2) is 4.39 Å². The Morgan fingerprint density at radius 1 is 1.21 bits per heavy atom. The second-order valence-electron chi connectivity index (χ2n) is 6.34. The van der Waals surface area contributed by atoms with Gasteiger partial charge in [0.05, 0.1) is 0 Å². The predicted molar refractivity (Wildman–Crippen MR) is 83.5 cm³/mol. The molecule has 1 aromatic rings. The van der Waals surface area contributed by atoms with Crippen LogP contribution in [0.4, 0.5) is 17.6 Å². The van der Waals surface area contributed by atoms with E-state index in [0.29, 0.717) is 23.2 Å². The monoisotopic (exact) mass is 366 g/mol. The fourth-order valence-electron chi connectivity index (χ4n) is 3.61. The number of fused-ring (bicyclic) bond motifs is 2. The molecule has 8 heteroatoms. The van der Waals surface area contributed by atoms with Crippen molar-refractivity contribution < 1.29 is 22.4 Å². The number of amides is 1. The zero-order chi connectivity index (χ0) is 16.6. The molecule has 24 heavy (non-hydrogen) atoms. The summed E-state index contributed by atoms with van der Waals surface area (Å²) in [5.74, 6) is -2.24. The van der Waals surface area contributed by atoms with Gasteiger partial charge in [-0.05, 0) is 48.8 Å². The number of rotatable bonds is 3. The maximum atomic E-state index is 14.1. The van der Waals surface area contributed by atoms with E-state index in [0.717, 1.165) is 25.7 Å². The van der Waals surface area contributed by atoms with E-state index < -0.39 is 12.1 Å². The highest BCUT2D eigenvalue weighted by Gasteiger charge is 2.38. The minimum absolute atomic E-state index is 0. The number of alkyl halides is 3. The molecule has 0 spiro atoms. The van der Waals surface area contributed by atoms with Gasteiger partial charge in [0.2, 0.25) is 0 Å². The number of carbonyl (C=O) groups is 1. The van der Waals surface area contributed by atoms with Crippen LogP contribution in [-0.2, 0) is 11.3 Å².